The van der Waals surface area contributed by atoms with Crippen LogP contribution in [0.25, 0.3) is 0 Å². The second kappa shape index (κ2) is 4.97. The number of carboxylic acid groups (broad SMARTS) is 1. The molecular formula is C12H23NO2. The SMILES string of the molecule is CC(C)CN(C(C)C)C(C(=O)O)C1CC1. The monoisotopic (exact) mass is 213 g/mol. The van der Waals surface area contributed by atoms with E-state index in [4.69, 9.17) is 0 Å². The molecule has 0 radical (unpaired) electrons. The number of hydrogen-bond donors (Lipinski definition) is 1. The number of carboxylic acids is 1. The van der Waals surface area contributed by atoms with Crippen molar-refractivity contribution in [3.8, 4) is 0 Å². The molecule has 0 bridgehead atoms. The van der Waals surface area contributed by atoms with Gasteiger partial charge in [-0.3, -0.25) is 9.69 Å². The molecule has 0 spiro atoms. The van der Waals surface area contributed by atoms with E-state index in [0.717, 1.165) is 19.4 Å². The smallest absolute Gasteiger partial charge is 0.321 e. The molecule has 15 heavy (non-hydrogen) atoms. The van der Waals surface area contributed by atoms with Gasteiger partial charge in [-0.15, -0.1) is 0 Å². The van der Waals surface area contributed by atoms with Gasteiger partial charge in [-0.2, -0.15) is 0 Å². The molecule has 1 N–H and O–H groups in total. The maximum Gasteiger partial charge on any atom is 0.321 e. The van der Waals surface area contributed by atoms with Crippen LogP contribution < -0.4 is 0 Å². The van der Waals surface area contributed by atoms with Crippen molar-refractivity contribution in [1.82, 2.24) is 4.90 Å². The van der Waals surface area contributed by atoms with Gasteiger partial charge in [0.2, 0.25) is 0 Å². The molecule has 0 amide bonds. The molecule has 1 unspecified atom stereocenters. The van der Waals surface area contributed by atoms with Gasteiger partial charge in [-0.25, -0.2) is 0 Å². The molecule has 1 rings (SSSR count). The van der Waals surface area contributed by atoms with Gasteiger partial charge in [0.1, 0.15) is 6.04 Å². The van der Waals surface area contributed by atoms with Gasteiger partial charge >= 0.3 is 5.97 Å². The Kier molecular flexibility index (Phi) is 4.14. The topological polar surface area (TPSA) is 40.5 Å². The maximum atomic E-state index is 11.3. The van der Waals surface area contributed by atoms with Crippen molar-refractivity contribution >= 4 is 5.97 Å². The molecule has 1 saturated carbocycles. The summed E-state index contributed by atoms with van der Waals surface area (Å²) in [6, 6.07) is 0.0569. The quantitative estimate of drug-likeness (QED) is 0.735. The van der Waals surface area contributed by atoms with Crippen LogP contribution in [0.3, 0.4) is 0 Å². The minimum Gasteiger partial charge on any atom is -0.480 e. The molecule has 1 atom stereocenters. The van der Waals surface area contributed by atoms with Crippen molar-refractivity contribution in [1.29, 1.82) is 0 Å². The molecule has 0 aromatic carbocycles. The average Bonchev–Trinajstić information content (AvgIpc) is 2.85. The van der Waals surface area contributed by atoms with Gasteiger partial charge in [-0.05, 0) is 38.5 Å². The first-order valence-electron chi connectivity index (χ1n) is 5.92. The minimum atomic E-state index is -0.646. The first-order valence-corrected chi connectivity index (χ1v) is 5.92. The summed E-state index contributed by atoms with van der Waals surface area (Å²) in [6.07, 6.45) is 2.16. The van der Waals surface area contributed by atoms with Crippen LogP contribution in [0.2, 0.25) is 0 Å². The van der Waals surface area contributed by atoms with E-state index in [-0.39, 0.29) is 6.04 Å². The van der Waals surface area contributed by atoms with Gasteiger partial charge in [0, 0.05) is 12.6 Å². The zero-order chi connectivity index (χ0) is 11.6. The van der Waals surface area contributed by atoms with E-state index >= 15 is 0 Å². The summed E-state index contributed by atoms with van der Waals surface area (Å²) >= 11 is 0. The number of aliphatic carboxylic acids is 1. The molecule has 3 heteroatoms. The lowest BCUT2D eigenvalue weighted by Crippen LogP contribution is -2.48. The fourth-order valence-corrected chi connectivity index (χ4v) is 2.09. The highest BCUT2D eigenvalue weighted by Crippen LogP contribution is 2.36. The Morgan fingerprint density at radius 3 is 2.13 bits per heavy atom. The Balaban J connectivity index is 2.70. The third-order valence-corrected chi connectivity index (χ3v) is 2.92. The lowest BCUT2D eigenvalue weighted by Gasteiger charge is -2.33. The molecule has 1 aliphatic rings. The normalized spacial score (nSPS) is 18.9. The standard InChI is InChI=1S/C12H23NO2/c1-8(2)7-13(9(3)4)11(12(14)15)10-5-6-10/h8-11H,5-7H2,1-4H3,(H,14,15). The van der Waals surface area contributed by atoms with Crippen LogP contribution in [-0.4, -0.2) is 34.6 Å². The Bertz CT molecular complexity index is 222. The summed E-state index contributed by atoms with van der Waals surface area (Å²) in [5, 5.41) is 9.27. The summed E-state index contributed by atoms with van der Waals surface area (Å²) in [6.45, 7) is 9.33. The van der Waals surface area contributed by atoms with Gasteiger partial charge < -0.3 is 5.11 Å². The summed E-state index contributed by atoms with van der Waals surface area (Å²) < 4.78 is 0. The largest absolute Gasteiger partial charge is 0.480 e. The van der Waals surface area contributed by atoms with E-state index in [0.29, 0.717) is 17.9 Å². The summed E-state index contributed by atoms with van der Waals surface area (Å²) in [5.74, 6) is 0.267. The fourth-order valence-electron chi connectivity index (χ4n) is 2.09. The van der Waals surface area contributed by atoms with Crippen molar-refractivity contribution in [3.05, 3.63) is 0 Å². The maximum absolute atomic E-state index is 11.3. The highest BCUT2D eigenvalue weighted by molar-refractivity contribution is 5.74. The average molecular weight is 213 g/mol. The van der Waals surface area contributed by atoms with E-state index < -0.39 is 5.97 Å². The predicted octanol–water partition coefficient (Wildman–Crippen LogP) is 2.22. The predicted molar refractivity (Wildman–Crippen MR) is 60.8 cm³/mol. The Morgan fingerprint density at radius 1 is 1.33 bits per heavy atom. The van der Waals surface area contributed by atoms with Gasteiger partial charge in [0.15, 0.2) is 0 Å². The second-order valence-corrected chi connectivity index (χ2v) is 5.30. The first kappa shape index (κ1) is 12.5. The zero-order valence-corrected chi connectivity index (χ0v) is 10.2. The van der Waals surface area contributed by atoms with E-state index in [9.17, 15) is 9.90 Å². The van der Waals surface area contributed by atoms with E-state index in [1.54, 1.807) is 0 Å². The number of carbonyl (C=O) groups is 1. The van der Waals surface area contributed by atoms with Gasteiger partial charge in [0.25, 0.3) is 0 Å². The molecular weight excluding hydrogens is 190 g/mol. The van der Waals surface area contributed by atoms with E-state index in [1.807, 2.05) is 0 Å². The minimum absolute atomic E-state index is 0.257. The van der Waals surface area contributed by atoms with Gasteiger partial charge in [-0.1, -0.05) is 13.8 Å². The molecule has 88 valence electrons. The lowest BCUT2D eigenvalue weighted by molar-refractivity contribution is -0.145. The van der Waals surface area contributed by atoms with Crippen molar-refractivity contribution in [2.24, 2.45) is 11.8 Å². The van der Waals surface area contributed by atoms with Crippen molar-refractivity contribution in [2.45, 2.75) is 52.6 Å². The van der Waals surface area contributed by atoms with Crippen LogP contribution in [0, 0.1) is 11.8 Å². The Labute approximate surface area is 92.5 Å². The van der Waals surface area contributed by atoms with E-state index in [1.165, 1.54) is 0 Å². The molecule has 0 aliphatic heterocycles. The second-order valence-electron chi connectivity index (χ2n) is 5.30. The summed E-state index contributed by atoms with van der Waals surface area (Å²) in [5.41, 5.74) is 0. The highest BCUT2D eigenvalue weighted by atomic mass is 16.4. The number of hydrogen-bond acceptors (Lipinski definition) is 2. The molecule has 0 aromatic heterocycles. The lowest BCUT2D eigenvalue weighted by atomic mass is 10.1. The molecule has 0 aromatic rings. The van der Waals surface area contributed by atoms with Crippen LogP contribution in [0.4, 0.5) is 0 Å². The molecule has 3 nitrogen and oxygen atoms in total. The van der Waals surface area contributed by atoms with Crippen molar-refractivity contribution in [2.75, 3.05) is 6.54 Å². The summed E-state index contributed by atoms with van der Waals surface area (Å²) in [7, 11) is 0. The van der Waals surface area contributed by atoms with Crippen LogP contribution in [0.5, 0.6) is 0 Å². The number of nitrogens with zero attached hydrogens (tertiary/aromatic N) is 1. The van der Waals surface area contributed by atoms with Crippen LogP contribution >= 0.6 is 0 Å². The van der Waals surface area contributed by atoms with Crippen molar-refractivity contribution < 1.29 is 9.90 Å². The van der Waals surface area contributed by atoms with E-state index in [2.05, 4.69) is 32.6 Å². The van der Waals surface area contributed by atoms with Crippen molar-refractivity contribution in [3.63, 3.8) is 0 Å². The van der Waals surface area contributed by atoms with Crippen LogP contribution in [-0.2, 0) is 4.79 Å². The van der Waals surface area contributed by atoms with Crippen LogP contribution in [0.1, 0.15) is 40.5 Å². The number of rotatable bonds is 6. The first-order chi connectivity index (χ1) is 6.93. The Morgan fingerprint density at radius 2 is 1.87 bits per heavy atom. The van der Waals surface area contributed by atoms with Gasteiger partial charge in [0.05, 0.1) is 0 Å². The summed E-state index contributed by atoms with van der Waals surface area (Å²) in [4.78, 5) is 13.4. The fraction of sp³-hybridized carbons (Fsp3) is 0.917. The molecule has 1 fully saturated rings. The van der Waals surface area contributed by atoms with Crippen LogP contribution in [0.15, 0.2) is 0 Å². The molecule has 0 heterocycles. The zero-order valence-electron chi connectivity index (χ0n) is 10.2. The third kappa shape index (κ3) is 3.49. The third-order valence-electron chi connectivity index (χ3n) is 2.92. The molecule has 0 saturated heterocycles. The molecule has 1 aliphatic carbocycles. The Hall–Kier alpha value is -0.570. The highest BCUT2D eigenvalue weighted by Gasteiger charge is 2.41.